The number of amides is 1. The summed E-state index contributed by atoms with van der Waals surface area (Å²) in [5.41, 5.74) is 11.1. The van der Waals surface area contributed by atoms with Crippen molar-refractivity contribution < 1.29 is 4.79 Å². The normalized spacial score (nSPS) is 11.9. The smallest absolute Gasteiger partial charge is 0.220 e. The Morgan fingerprint density at radius 2 is 1.77 bits per heavy atom. The van der Waals surface area contributed by atoms with Crippen molar-refractivity contribution in [1.82, 2.24) is 20.1 Å². The summed E-state index contributed by atoms with van der Waals surface area (Å²) in [5.74, 6) is 1.43. The number of unbranched alkanes of at least 4 members (excludes halogenated alkanes) is 2. The zero-order chi connectivity index (χ0) is 27.6. The highest BCUT2D eigenvalue weighted by Gasteiger charge is 2.25. The topological polar surface area (TPSA) is 85.8 Å². The Bertz CT molecular complexity index is 1370. The molecular formula is C31H36ClN5OS. The van der Waals surface area contributed by atoms with Gasteiger partial charge in [0.1, 0.15) is 0 Å². The summed E-state index contributed by atoms with van der Waals surface area (Å²) in [7, 11) is 0. The largest absolute Gasteiger partial charge is 0.346 e. The van der Waals surface area contributed by atoms with Gasteiger partial charge in [-0.1, -0.05) is 96.0 Å². The van der Waals surface area contributed by atoms with Gasteiger partial charge in [-0.15, -0.1) is 10.2 Å². The molecule has 0 bridgehead atoms. The summed E-state index contributed by atoms with van der Waals surface area (Å²) >= 11 is 8.09. The molecule has 1 aromatic heterocycles. The lowest BCUT2D eigenvalue weighted by Gasteiger charge is -2.21. The Morgan fingerprint density at radius 1 is 0.974 bits per heavy atom. The van der Waals surface area contributed by atoms with Gasteiger partial charge in [-0.3, -0.25) is 9.36 Å². The number of aromatic nitrogens is 3. The molecule has 8 heteroatoms. The number of thioether (sulfide) groups is 1. The van der Waals surface area contributed by atoms with Crippen molar-refractivity contribution in [1.29, 1.82) is 0 Å². The van der Waals surface area contributed by atoms with E-state index in [0.29, 0.717) is 30.2 Å². The molecule has 0 radical (unpaired) electrons. The highest BCUT2D eigenvalue weighted by Crippen LogP contribution is 2.31. The lowest BCUT2D eigenvalue weighted by Crippen LogP contribution is -2.32. The van der Waals surface area contributed by atoms with Crippen LogP contribution in [0.3, 0.4) is 0 Å². The maximum absolute atomic E-state index is 13.1. The molecular weight excluding hydrogens is 526 g/mol. The molecule has 0 spiro atoms. The molecule has 3 N–H and O–H groups in total. The quantitative estimate of drug-likeness (QED) is 0.139. The van der Waals surface area contributed by atoms with E-state index in [4.69, 9.17) is 17.3 Å². The Hall–Kier alpha value is -3.13. The second-order valence-electron chi connectivity index (χ2n) is 9.79. The molecule has 0 aliphatic rings. The highest BCUT2D eigenvalue weighted by molar-refractivity contribution is 7.98. The number of nitrogens with one attached hydrogen (secondary N) is 1. The van der Waals surface area contributed by atoms with Gasteiger partial charge >= 0.3 is 0 Å². The molecule has 0 saturated carbocycles. The van der Waals surface area contributed by atoms with E-state index in [1.807, 2.05) is 43.3 Å². The van der Waals surface area contributed by atoms with E-state index < -0.39 is 0 Å². The molecule has 1 unspecified atom stereocenters. The van der Waals surface area contributed by atoms with Crippen LogP contribution in [-0.2, 0) is 17.0 Å². The summed E-state index contributed by atoms with van der Waals surface area (Å²) < 4.78 is 2.06. The molecule has 1 atom stereocenters. The van der Waals surface area contributed by atoms with Crippen LogP contribution in [0.2, 0.25) is 5.02 Å². The predicted molar refractivity (Wildman–Crippen MR) is 160 cm³/mol. The number of halogens is 1. The number of benzene rings is 3. The molecule has 1 amide bonds. The Labute approximate surface area is 240 Å². The van der Waals surface area contributed by atoms with Gasteiger partial charge in [0.25, 0.3) is 0 Å². The molecule has 0 aliphatic heterocycles. The number of nitrogens with two attached hydrogens (primary N) is 1. The third kappa shape index (κ3) is 8.18. The van der Waals surface area contributed by atoms with Crippen LogP contribution in [0, 0.1) is 13.8 Å². The highest BCUT2D eigenvalue weighted by atomic mass is 35.5. The summed E-state index contributed by atoms with van der Waals surface area (Å²) in [6.45, 7) is 4.78. The fraction of sp³-hybridized carbons (Fsp3) is 0.323. The van der Waals surface area contributed by atoms with Gasteiger partial charge in [0.2, 0.25) is 5.91 Å². The monoisotopic (exact) mass is 561 g/mol. The zero-order valence-corrected chi connectivity index (χ0v) is 24.1. The Kier molecular flexibility index (Phi) is 10.6. The molecule has 1 heterocycles. The van der Waals surface area contributed by atoms with E-state index in [1.165, 1.54) is 11.1 Å². The lowest BCUT2D eigenvalue weighted by molar-refractivity contribution is -0.122. The van der Waals surface area contributed by atoms with Crippen molar-refractivity contribution in [2.45, 2.75) is 62.9 Å². The molecule has 0 fully saturated rings. The SMILES string of the molecule is Cc1cccc(CSc2nnc(C(Cc3ccccc3)NC(=O)CCCCCN)n2-c2cc(Cl)ccc2C)c1. The fourth-order valence-corrected chi connectivity index (χ4v) is 5.59. The standard InChI is InChI=1S/C31H36ClN5OS/c1-22-10-9-13-25(18-22)21-39-31-36-35-30(37(31)28-20-26(32)16-15-23(28)2)27(19-24-11-5-3-6-12-24)34-29(38)14-7-4-8-17-33/h3,5-6,9-13,15-16,18,20,27H,4,7-8,14,17,19,21,33H2,1-2H3,(H,34,38). The average Bonchev–Trinajstić information content (AvgIpc) is 3.35. The van der Waals surface area contributed by atoms with Crippen LogP contribution in [0.1, 0.15) is 59.8 Å². The first-order chi connectivity index (χ1) is 18.9. The van der Waals surface area contributed by atoms with Crippen LogP contribution < -0.4 is 11.1 Å². The van der Waals surface area contributed by atoms with Gasteiger partial charge in [-0.25, -0.2) is 0 Å². The summed E-state index contributed by atoms with van der Waals surface area (Å²) in [6, 6.07) is 24.1. The van der Waals surface area contributed by atoms with Crippen LogP contribution in [0.15, 0.2) is 78.0 Å². The van der Waals surface area contributed by atoms with E-state index in [1.54, 1.807) is 11.8 Å². The molecule has 0 aliphatic carbocycles. The lowest BCUT2D eigenvalue weighted by atomic mass is 10.0. The van der Waals surface area contributed by atoms with Crippen molar-refractivity contribution in [3.8, 4) is 5.69 Å². The molecule has 204 valence electrons. The number of hydrogen-bond donors (Lipinski definition) is 2. The number of rotatable bonds is 13. The predicted octanol–water partition coefficient (Wildman–Crippen LogP) is 6.75. The van der Waals surface area contributed by atoms with E-state index >= 15 is 0 Å². The van der Waals surface area contributed by atoms with Crippen molar-refractivity contribution in [3.05, 3.63) is 106 Å². The Morgan fingerprint density at radius 3 is 2.54 bits per heavy atom. The van der Waals surface area contributed by atoms with Crippen molar-refractivity contribution in [3.63, 3.8) is 0 Å². The minimum absolute atomic E-state index is 0.000664. The Balaban J connectivity index is 1.70. The van der Waals surface area contributed by atoms with E-state index in [9.17, 15) is 4.79 Å². The maximum Gasteiger partial charge on any atom is 0.220 e. The first kappa shape index (κ1) is 28.9. The molecule has 4 rings (SSSR count). The van der Waals surface area contributed by atoms with E-state index in [-0.39, 0.29) is 11.9 Å². The molecule has 6 nitrogen and oxygen atoms in total. The number of carbonyl (C=O) groups is 1. The first-order valence-electron chi connectivity index (χ1n) is 13.4. The van der Waals surface area contributed by atoms with Gasteiger partial charge in [0, 0.05) is 17.2 Å². The van der Waals surface area contributed by atoms with E-state index in [2.05, 4.69) is 63.4 Å². The van der Waals surface area contributed by atoms with Gasteiger partial charge in [0.15, 0.2) is 11.0 Å². The average molecular weight is 562 g/mol. The van der Waals surface area contributed by atoms with Crippen molar-refractivity contribution in [2.24, 2.45) is 5.73 Å². The minimum atomic E-state index is -0.367. The van der Waals surface area contributed by atoms with Crippen LogP contribution in [0.25, 0.3) is 5.69 Å². The van der Waals surface area contributed by atoms with Crippen LogP contribution in [0.5, 0.6) is 0 Å². The van der Waals surface area contributed by atoms with Gasteiger partial charge in [0.05, 0.1) is 11.7 Å². The third-order valence-electron chi connectivity index (χ3n) is 6.56. The van der Waals surface area contributed by atoms with Crippen molar-refractivity contribution in [2.75, 3.05) is 6.54 Å². The van der Waals surface area contributed by atoms with E-state index in [0.717, 1.165) is 47.0 Å². The molecule has 3 aromatic carbocycles. The van der Waals surface area contributed by atoms with Gasteiger partial charge in [-0.2, -0.15) is 0 Å². The summed E-state index contributed by atoms with van der Waals surface area (Å²) in [5, 5.41) is 13.9. The summed E-state index contributed by atoms with van der Waals surface area (Å²) in [6.07, 6.45) is 3.70. The second-order valence-corrected chi connectivity index (χ2v) is 11.2. The molecule has 4 aromatic rings. The van der Waals surface area contributed by atoms with Crippen molar-refractivity contribution >= 4 is 29.3 Å². The number of hydrogen-bond acceptors (Lipinski definition) is 5. The zero-order valence-electron chi connectivity index (χ0n) is 22.6. The molecule has 39 heavy (non-hydrogen) atoms. The van der Waals surface area contributed by atoms with Crippen LogP contribution in [0.4, 0.5) is 0 Å². The third-order valence-corrected chi connectivity index (χ3v) is 7.79. The first-order valence-corrected chi connectivity index (χ1v) is 14.7. The molecule has 0 saturated heterocycles. The van der Waals surface area contributed by atoms with Gasteiger partial charge in [-0.05, 0) is 68.5 Å². The van der Waals surface area contributed by atoms with Crippen LogP contribution >= 0.6 is 23.4 Å². The van der Waals surface area contributed by atoms with Crippen LogP contribution in [-0.4, -0.2) is 27.2 Å². The number of carbonyl (C=O) groups excluding carboxylic acids is 1. The summed E-state index contributed by atoms with van der Waals surface area (Å²) in [4.78, 5) is 13.1. The maximum atomic E-state index is 13.1. The minimum Gasteiger partial charge on any atom is -0.346 e. The van der Waals surface area contributed by atoms with Gasteiger partial charge < -0.3 is 11.1 Å². The second kappa shape index (κ2) is 14.3. The number of aryl methyl sites for hydroxylation is 2. The fourth-order valence-electron chi connectivity index (χ4n) is 4.53. The number of nitrogens with zero attached hydrogens (tertiary/aromatic N) is 3.